The standard InChI is InChI=1S/C19H21N9O2/c1-10-6-29-7-11-3-13(16-21-8-23-28(16)5-11)25-14-4-12(20-2)15-17(26-14)27(9-22-15)19-18(24-10)30-19/h3-5,8-10,18-19,24H,6-7H2,1-2H3,(H2,20,25,26)/t10-,18?,19?/m1/s1. The average Bonchev–Trinajstić information content (AvgIpc) is 3.13. The minimum Gasteiger partial charge on any atom is -0.386 e. The van der Waals surface area contributed by atoms with E-state index in [-0.39, 0.29) is 18.5 Å². The van der Waals surface area contributed by atoms with Crippen molar-refractivity contribution >= 4 is 34.0 Å². The van der Waals surface area contributed by atoms with Crippen LogP contribution >= 0.6 is 0 Å². The van der Waals surface area contributed by atoms with Crippen molar-refractivity contribution in [1.29, 1.82) is 0 Å². The molecular formula is C19H21N9O2. The van der Waals surface area contributed by atoms with Crippen LogP contribution in [0.4, 0.5) is 17.2 Å². The van der Waals surface area contributed by atoms with Crippen LogP contribution in [0.2, 0.25) is 0 Å². The fourth-order valence-electron chi connectivity index (χ4n) is 3.86. The third kappa shape index (κ3) is 2.86. The molecule has 4 aromatic heterocycles. The number of anilines is 3. The summed E-state index contributed by atoms with van der Waals surface area (Å²) in [4.78, 5) is 13.8. The Morgan fingerprint density at radius 3 is 3.07 bits per heavy atom. The Labute approximate surface area is 171 Å². The molecule has 0 radical (unpaired) electrons. The van der Waals surface area contributed by atoms with Gasteiger partial charge in [-0.1, -0.05) is 0 Å². The summed E-state index contributed by atoms with van der Waals surface area (Å²) in [6, 6.07) is 4.08. The predicted molar refractivity (Wildman–Crippen MR) is 110 cm³/mol. The van der Waals surface area contributed by atoms with Gasteiger partial charge in [0.2, 0.25) is 0 Å². The summed E-state index contributed by atoms with van der Waals surface area (Å²) < 4.78 is 15.5. The summed E-state index contributed by atoms with van der Waals surface area (Å²) in [6.07, 6.45) is 4.97. The van der Waals surface area contributed by atoms with E-state index in [1.54, 1.807) is 10.8 Å². The fourth-order valence-corrected chi connectivity index (χ4v) is 3.86. The Bertz CT molecular complexity index is 1250. The third-order valence-corrected chi connectivity index (χ3v) is 5.32. The molecule has 11 heteroatoms. The largest absolute Gasteiger partial charge is 0.386 e. The number of nitrogens with zero attached hydrogens (tertiary/aromatic N) is 6. The zero-order valence-corrected chi connectivity index (χ0v) is 16.5. The maximum Gasteiger partial charge on any atom is 0.178 e. The summed E-state index contributed by atoms with van der Waals surface area (Å²) in [7, 11) is 1.87. The van der Waals surface area contributed by atoms with Gasteiger partial charge < -0.3 is 20.1 Å². The first-order chi connectivity index (χ1) is 14.7. The molecule has 2 aliphatic heterocycles. The monoisotopic (exact) mass is 407 g/mol. The van der Waals surface area contributed by atoms with E-state index < -0.39 is 0 Å². The molecule has 3 N–H and O–H groups in total. The molecule has 6 heterocycles. The first-order valence-electron chi connectivity index (χ1n) is 9.83. The molecule has 6 rings (SSSR count). The highest BCUT2D eigenvalue weighted by molar-refractivity contribution is 5.89. The highest BCUT2D eigenvalue weighted by atomic mass is 16.6. The molecule has 1 saturated heterocycles. The first-order valence-corrected chi connectivity index (χ1v) is 9.83. The molecule has 3 atom stereocenters. The smallest absolute Gasteiger partial charge is 0.178 e. The van der Waals surface area contributed by atoms with Crippen molar-refractivity contribution in [3.8, 4) is 0 Å². The number of pyridine rings is 2. The van der Waals surface area contributed by atoms with Gasteiger partial charge in [-0.15, -0.1) is 0 Å². The highest BCUT2D eigenvalue weighted by Crippen LogP contribution is 2.36. The van der Waals surface area contributed by atoms with Gasteiger partial charge in [0, 0.05) is 25.4 Å². The summed E-state index contributed by atoms with van der Waals surface area (Å²) >= 11 is 0. The Balaban J connectivity index is 1.51. The Kier molecular flexibility index (Phi) is 3.88. The minimum absolute atomic E-state index is 0.101. The van der Waals surface area contributed by atoms with Gasteiger partial charge in [0.05, 0.1) is 30.9 Å². The van der Waals surface area contributed by atoms with Crippen molar-refractivity contribution < 1.29 is 9.47 Å². The number of imidazole rings is 1. The van der Waals surface area contributed by atoms with E-state index in [9.17, 15) is 0 Å². The van der Waals surface area contributed by atoms with E-state index in [1.807, 2.05) is 29.9 Å². The lowest BCUT2D eigenvalue weighted by atomic mass is 10.2. The zero-order valence-electron chi connectivity index (χ0n) is 16.5. The van der Waals surface area contributed by atoms with Gasteiger partial charge >= 0.3 is 0 Å². The van der Waals surface area contributed by atoms with Crippen molar-refractivity contribution in [3.63, 3.8) is 0 Å². The molecule has 0 aromatic carbocycles. The third-order valence-electron chi connectivity index (χ3n) is 5.32. The second-order valence-corrected chi connectivity index (χ2v) is 7.57. The summed E-state index contributed by atoms with van der Waals surface area (Å²) in [5, 5.41) is 14.3. The maximum absolute atomic E-state index is 5.93. The number of hydrogen-bond donors (Lipinski definition) is 3. The molecule has 0 spiro atoms. The van der Waals surface area contributed by atoms with E-state index >= 15 is 0 Å². The average molecular weight is 407 g/mol. The first kappa shape index (κ1) is 17.6. The van der Waals surface area contributed by atoms with Gasteiger partial charge in [-0.05, 0) is 18.6 Å². The number of aromatic nitrogens is 6. The van der Waals surface area contributed by atoms with Crippen molar-refractivity contribution in [3.05, 3.63) is 36.5 Å². The molecule has 2 unspecified atom stereocenters. The molecule has 0 saturated carbocycles. The second kappa shape index (κ2) is 6.62. The quantitative estimate of drug-likeness (QED) is 0.404. The van der Waals surface area contributed by atoms with E-state index in [4.69, 9.17) is 14.5 Å². The Morgan fingerprint density at radius 2 is 2.17 bits per heavy atom. The van der Waals surface area contributed by atoms with Gasteiger partial charge in [0.25, 0.3) is 0 Å². The fraction of sp³-hybridized carbons (Fsp3) is 0.368. The lowest BCUT2D eigenvalue weighted by molar-refractivity contribution is 0.0986. The second-order valence-electron chi connectivity index (χ2n) is 7.57. The minimum atomic E-state index is -0.153. The Hall–Kier alpha value is -3.28. The van der Waals surface area contributed by atoms with Gasteiger partial charge in [0.1, 0.15) is 17.7 Å². The van der Waals surface area contributed by atoms with Crippen LogP contribution < -0.4 is 16.0 Å². The SMILES string of the molecule is CNc1cc2nc3c1ncn3C1OC1N[C@H](C)COCc1cc(c3ncnn3c1)N2. The molecule has 2 aliphatic rings. The van der Waals surface area contributed by atoms with Crippen LogP contribution in [0.25, 0.3) is 16.8 Å². The predicted octanol–water partition coefficient (Wildman–Crippen LogP) is 1.62. The number of ether oxygens (including phenoxy) is 2. The van der Waals surface area contributed by atoms with Gasteiger partial charge in [0.15, 0.2) is 23.8 Å². The number of nitrogens with one attached hydrogen (secondary N) is 3. The summed E-state index contributed by atoms with van der Waals surface area (Å²) in [5.41, 5.74) is 4.91. The van der Waals surface area contributed by atoms with Gasteiger partial charge in [-0.3, -0.25) is 9.88 Å². The highest BCUT2D eigenvalue weighted by Gasteiger charge is 2.42. The van der Waals surface area contributed by atoms with E-state index in [0.717, 1.165) is 28.1 Å². The zero-order chi connectivity index (χ0) is 20.2. The van der Waals surface area contributed by atoms with Crippen LogP contribution in [0.5, 0.6) is 0 Å². The van der Waals surface area contributed by atoms with Crippen LogP contribution in [-0.4, -0.2) is 55.1 Å². The van der Waals surface area contributed by atoms with E-state index in [1.165, 1.54) is 6.33 Å². The molecular weight excluding hydrogens is 386 g/mol. The van der Waals surface area contributed by atoms with E-state index in [2.05, 4.69) is 37.9 Å². The summed E-state index contributed by atoms with van der Waals surface area (Å²) in [5.74, 6) is 0.671. The molecule has 0 amide bonds. The molecule has 154 valence electrons. The lowest BCUT2D eigenvalue weighted by Gasteiger charge is -2.13. The lowest BCUT2D eigenvalue weighted by Crippen LogP contribution is -2.33. The van der Waals surface area contributed by atoms with Crippen molar-refractivity contribution in [2.75, 3.05) is 24.3 Å². The maximum atomic E-state index is 5.93. The van der Waals surface area contributed by atoms with Crippen LogP contribution in [0.1, 0.15) is 18.7 Å². The van der Waals surface area contributed by atoms with Crippen LogP contribution in [0.15, 0.2) is 31.0 Å². The van der Waals surface area contributed by atoms with Crippen LogP contribution in [0, 0.1) is 0 Å². The van der Waals surface area contributed by atoms with Crippen LogP contribution in [-0.2, 0) is 16.1 Å². The molecule has 4 bridgehead atoms. The number of fused-ring (bicyclic) bond motifs is 7. The van der Waals surface area contributed by atoms with Crippen molar-refractivity contribution in [2.24, 2.45) is 0 Å². The number of hydrogen-bond acceptors (Lipinski definition) is 9. The topological polar surface area (TPSA) is 119 Å². The Morgan fingerprint density at radius 1 is 1.23 bits per heavy atom. The number of epoxide rings is 1. The number of rotatable bonds is 1. The molecule has 1 fully saturated rings. The molecule has 4 aromatic rings. The van der Waals surface area contributed by atoms with Gasteiger partial charge in [-0.2, -0.15) is 5.10 Å². The normalized spacial score (nSPS) is 23.6. The summed E-state index contributed by atoms with van der Waals surface area (Å²) in [6.45, 7) is 3.09. The van der Waals surface area contributed by atoms with Crippen molar-refractivity contribution in [2.45, 2.75) is 32.0 Å². The molecule has 30 heavy (non-hydrogen) atoms. The van der Waals surface area contributed by atoms with E-state index in [0.29, 0.717) is 24.7 Å². The molecule has 11 nitrogen and oxygen atoms in total. The molecule has 0 aliphatic carbocycles. The van der Waals surface area contributed by atoms with Crippen molar-refractivity contribution in [1.82, 2.24) is 34.4 Å². The van der Waals surface area contributed by atoms with Crippen LogP contribution in [0.3, 0.4) is 0 Å². The van der Waals surface area contributed by atoms with Gasteiger partial charge in [-0.25, -0.2) is 19.5 Å².